The number of halogens is 1. The summed E-state index contributed by atoms with van der Waals surface area (Å²) in [5.41, 5.74) is 1.24. The number of imidazole rings is 1. The molecule has 0 N–H and O–H groups in total. The molecule has 2 aromatic carbocycles. The highest BCUT2D eigenvalue weighted by molar-refractivity contribution is 7.99. The highest BCUT2D eigenvalue weighted by Crippen LogP contribution is 2.37. The number of rotatable bonds is 6. The summed E-state index contributed by atoms with van der Waals surface area (Å²) in [5.74, 6) is 0.868. The number of nitrogens with zero attached hydrogens (tertiary/aromatic N) is 2. The molecule has 0 radical (unpaired) electrons. The van der Waals surface area contributed by atoms with Crippen LogP contribution in [-0.2, 0) is 6.54 Å². The second kappa shape index (κ2) is 7.57. The second-order valence-electron chi connectivity index (χ2n) is 5.09. The van der Waals surface area contributed by atoms with E-state index >= 15 is 0 Å². The number of benzene rings is 2. The molecule has 0 saturated carbocycles. The van der Waals surface area contributed by atoms with E-state index in [0.29, 0.717) is 0 Å². The summed E-state index contributed by atoms with van der Waals surface area (Å²) < 4.78 is 7.31. The predicted octanol–water partition coefficient (Wildman–Crippen LogP) is 5.08. The van der Waals surface area contributed by atoms with E-state index in [-0.39, 0.29) is 5.25 Å². The van der Waals surface area contributed by atoms with Gasteiger partial charge >= 0.3 is 0 Å². The molecular formula is C18H17ClN2OS. The third-order valence-corrected chi connectivity index (χ3v) is 5.02. The van der Waals surface area contributed by atoms with Crippen molar-refractivity contribution in [3.8, 4) is 5.75 Å². The lowest BCUT2D eigenvalue weighted by Gasteiger charge is -2.18. The van der Waals surface area contributed by atoms with Gasteiger partial charge in [0.15, 0.2) is 0 Å². The van der Waals surface area contributed by atoms with Crippen molar-refractivity contribution in [2.24, 2.45) is 0 Å². The van der Waals surface area contributed by atoms with E-state index in [1.54, 1.807) is 13.3 Å². The molecule has 0 aliphatic heterocycles. The highest BCUT2D eigenvalue weighted by Gasteiger charge is 2.14. The maximum absolute atomic E-state index is 6.02. The minimum atomic E-state index is 0.273. The molecule has 118 valence electrons. The molecular weight excluding hydrogens is 328 g/mol. The first-order valence-electron chi connectivity index (χ1n) is 7.26. The number of hydrogen-bond acceptors (Lipinski definition) is 3. The minimum Gasteiger partial charge on any atom is -0.497 e. The van der Waals surface area contributed by atoms with E-state index in [9.17, 15) is 0 Å². The molecule has 5 heteroatoms. The van der Waals surface area contributed by atoms with Crippen molar-refractivity contribution >= 4 is 23.4 Å². The van der Waals surface area contributed by atoms with Crippen LogP contribution in [0.2, 0.25) is 5.02 Å². The Labute approximate surface area is 145 Å². The van der Waals surface area contributed by atoms with Crippen molar-refractivity contribution in [2.75, 3.05) is 7.11 Å². The quantitative estimate of drug-likeness (QED) is 0.583. The van der Waals surface area contributed by atoms with Crippen LogP contribution in [0.1, 0.15) is 10.8 Å². The maximum Gasteiger partial charge on any atom is 0.118 e. The van der Waals surface area contributed by atoms with Gasteiger partial charge in [-0.1, -0.05) is 23.7 Å². The van der Waals surface area contributed by atoms with E-state index in [1.165, 1.54) is 10.5 Å². The molecule has 0 aliphatic carbocycles. The molecule has 0 fully saturated rings. The van der Waals surface area contributed by atoms with Crippen molar-refractivity contribution < 1.29 is 4.74 Å². The highest BCUT2D eigenvalue weighted by atomic mass is 35.5. The van der Waals surface area contributed by atoms with Gasteiger partial charge in [0.2, 0.25) is 0 Å². The molecule has 1 atom stereocenters. The Morgan fingerprint density at radius 1 is 1.13 bits per heavy atom. The van der Waals surface area contributed by atoms with Gasteiger partial charge in [-0.15, -0.1) is 11.8 Å². The average Bonchev–Trinajstić information content (AvgIpc) is 3.09. The summed E-state index contributed by atoms with van der Waals surface area (Å²) in [5, 5.41) is 1.03. The molecule has 0 aliphatic rings. The van der Waals surface area contributed by atoms with E-state index in [4.69, 9.17) is 16.3 Å². The molecule has 1 aromatic heterocycles. The van der Waals surface area contributed by atoms with Gasteiger partial charge in [0.05, 0.1) is 18.7 Å². The van der Waals surface area contributed by atoms with Crippen LogP contribution in [-0.4, -0.2) is 16.7 Å². The number of hydrogen-bond donors (Lipinski definition) is 0. The Morgan fingerprint density at radius 3 is 2.48 bits per heavy atom. The third kappa shape index (κ3) is 4.30. The topological polar surface area (TPSA) is 27.1 Å². The molecule has 1 heterocycles. The first-order valence-corrected chi connectivity index (χ1v) is 8.52. The molecule has 1 unspecified atom stereocenters. The van der Waals surface area contributed by atoms with Crippen molar-refractivity contribution in [2.45, 2.75) is 16.7 Å². The van der Waals surface area contributed by atoms with Crippen LogP contribution in [0.15, 0.2) is 72.1 Å². The maximum atomic E-state index is 6.02. The van der Waals surface area contributed by atoms with Crippen molar-refractivity contribution in [1.82, 2.24) is 9.55 Å². The molecule has 0 amide bonds. The zero-order valence-corrected chi connectivity index (χ0v) is 14.3. The number of aromatic nitrogens is 2. The zero-order valence-electron chi connectivity index (χ0n) is 12.7. The summed E-state index contributed by atoms with van der Waals surface area (Å²) in [6, 6.07) is 16.2. The summed E-state index contributed by atoms with van der Waals surface area (Å²) in [7, 11) is 1.68. The lowest BCUT2D eigenvalue weighted by Crippen LogP contribution is -2.04. The van der Waals surface area contributed by atoms with Gasteiger partial charge in [-0.25, -0.2) is 4.98 Å². The smallest absolute Gasteiger partial charge is 0.118 e. The standard InChI is InChI=1S/C18H17ClN2OS/c1-22-16-6-8-17(9-7-16)23-18(12-21-11-10-20-13-21)14-2-4-15(19)5-3-14/h2-11,13,18H,12H2,1H3. The van der Waals surface area contributed by atoms with Crippen molar-refractivity contribution in [1.29, 1.82) is 0 Å². The fourth-order valence-corrected chi connectivity index (χ4v) is 3.58. The van der Waals surface area contributed by atoms with Gasteiger partial charge in [0, 0.05) is 28.9 Å². The van der Waals surface area contributed by atoms with Crippen molar-refractivity contribution in [3.63, 3.8) is 0 Å². The lowest BCUT2D eigenvalue weighted by atomic mass is 10.1. The molecule has 3 rings (SSSR count). The predicted molar refractivity (Wildman–Crippen MR) is 95.3 cm³/mol. The monoisotopic (exact) mass is 344 g/mol. The molecule has 0 spiro atoms. The number of methoxy groups -OCH3 is 1. The second-order valence-corrected chi connectivity index (χ2v) is 6.81. The Kier molecular flexibility index (Phi) is 5.26. The molecule has 0 bridgehead atoms. The number of thioether (sulfide) groups is 1. The molecule has 0 saturated heterocycles. The van der Waals surface area contributed by atoms with Crippen molar-refractivity contribution in [3.05, 3.63) is 77.8 Å². The van der Waals surface area contributed by atoms with Crippen LogP contribution >= 0.6 is 23.4 Å². The SMILES string of the molecule is COc1ccc(SC(Cn2ccnc2)c2ccc(Cl)cc2)cc1. The first kappa shape index (κ1) is 16.0. The summed E-state index contributed by atoms with van der Waals surface area (Å²) in [6.45, 7) is 0.846. The van der Waals surface area contributed by atoms with Crippen LogP contribution in [0.3, 0.4) is 0 Å². The normalized spacial score (nSPS) is 12.1. The Balaban J connectivity index is 1.82. The van der Waals surface area contributed by atoms with Gasteiger partial charge < -0.3 is 9.30 Å². The van der Waals surface area contributed by atoms with Gasteiger partial charge in [-0.05, 0) is 42.0 Å². The minimum absolute atomic E-state index is 0.273. The first-order chi connectivity index (χ1) is 11.2. The van der Waals surface area contributed by atoms with Gasteiger partial charge in [0.25, 0.3) is 0 Å². The molecule has 23 heavy (non-hydrogen) atoms. The summed E-state index contributed by atoms with van der Waals surface area (Å²) >= 11 is 7.83. The van der Waals surface area contributed by atoms with E-state index in [0.717, 1.165) is 17.3 Å². The zero-order chi connectivity index (χ0) is 16.1. The van der Waals surface area contributed by atoms with E-state index in [2.05, 4.69) is 33.8 Å². The third-order valence-electron chi connectivity index (χ3n) is 3.52. The van der Waals surface area contributed by atoms with E-state index < -0.39 is 0 Å². The largest absolute Gasteiger partial charge is 0.497 e. The van der Waals surface area contributed by atoms with Gasteiger partial charge in [0.1, 0.15) is 5.75 Å². The fraction of sp³-hybridized carbons (Fsp3) is 0.167. The van der Waals surface area contributed by atoms with Crippen LogP contribution in [0.4, 0.5) is 0 Å². The Hall–Kier alpha value is -1.91. The van der Waals surface area contributed by atoms with Crippen LogP contribution < -0.4 is 4.74 Å². The summed E-state index contributed by atoms with van der Waals surface area (Å²) in [4.78, 5) is 5.33. The Morgan fingerprint density at radius 2 is 1.87 bits per heavy atom. The Bertz CT molecular complexity index is 727. The van der Waals surface area contributed by atoms with Crippen LogP contribution in [0, 0.1) is 0 Å². The molecule has 3 aromatic rings. The molecule has 3 nitrogen and oxygen atoms in total. The fourth-order valence-electron chi connectivity index (χ4n) is 2.29. The van der Waals surface area contributed by atoms with Gasteiger partial charge in [-0.2, -0.15) is 0 Å². The van der Waals surface area contributed by atoms with E-state index in [1.807, 2.05) is 48.6 Å². The van der Waals surface area contributed by atoms with Crippen LogP contribution in [0.5, 0.6) is 5.75 Å². The summed E-state index contributed by atoms with van der Waals surface area (Å²) in [6.07, 6.45) is 5.63. The lowest BCUT2D eigenvalue weighted by molar-refractivity contribution is 0.414. The number of ether oxygens (including phenoxy) is 1. The van der Waals surface area contributed by atoms with Gasteiger partial charge in [-0.3, -0.25) is 0 Å². The van der Waals surface area contributed by atoms with Crippen LogP contribution in [0.25, 0.3) is 0 Å². The average molecular weight is 345 g/mol.